The summed E-state index contributed by atoms with van der Waals surface area (Å²) in [4.78, 5) is 11.9. The van der Waals surface area contributed by atoms with Gasteiger partial charge in [-0.3, -0.25) is 0 Å². The Kier molecular flexibility index (Phi) is 4.42. The van der Waals surface area contributed by atoms with Gasteiger partial charge in [-0.05, 0) is 61.5 Å². The van der Waals surface area contributed by atoms with Gasteiger partial charge in [0, 0.05) is 4.47 Å². The molecule has 18 heavy (non-hydrogen) atoms. The summed E-state index contributed by atoms with van der Waals surface area (Å²) in [5, 5.41) is 10.9. The van der Waals surface area contributed by atoms with Crippen LogP contribution in [0.3, 0.4) is 0 Å². The van der Waals surface area contributed by atoms with Gasteiger partial charge in [0.15, 0.2) is 0 Å². The Morgan fingerprint density at radius 1 is 1.28 bits per heavy atom. The van der Waals surface area contributed by atoms with E-state index in [9.17, 15) is 4.79 Å². The maximum absolute atomic E-state index is 10.9. The van der Waals surface area contributed by atoms with Gasteiger partial charge in [-0.15, -0.1) is 11.3 Å². The average Bonchev–Trinajstić information content (AvgIpc) is 2.73. The highest BCUT2D eigenvalue weighted by atomic mass is 79.9. The lowest BCUT2D eigenvalue weighted by molar-refractivity contribution is 0.0696. The molecule has 0 unspecified atom stereocenters. The number of carboxylic acids is 1. The van der Waals surface area contributed by atoms with Gasteiger partial charge in [-0.1, -0.05) is 0 Å². The SMILES string of the molecule is O=C(O)c1ccc(Br)c(OCc2sccc2Br)c1. The van der Waals surface area contributed by atoms with Crippen molar-refractivity contribution in [2.75, 3.05) is 0 Å². The molecule has 94 valence electrons. The van der Waals surface area contributed by atoms with Crippen LogP contribution in [0.25, 0.3) is 0 Å². The minimum atomic E-state index is -0.968. The zero-order chi connectivity index (χ0) is 13.1. The van der Waals surface area contributed by atoms with Crippen molar-refractivity contribution < 1.29 is 14.6 Å². The summed E-state index contributed by atoms with van der Waals surface area (Å²) in [5.74, 6) is -0.445. The van der Waals surface area contributed by atoms with Crippen molar-refractivity contribution in [2.45, 2.75) is 6.61 Å². The van der Waals surface area contributed by atoms with Crippen LogP contribution in [0.1, 0.15) is 15.2 Å². The molecule has 0 saturated heterocycles. The molecule has 1 N–H and O–H groups in total. The van der Waals surface area contributed by atoms with Crippen LogP contribution in [0, 0.1) is 0 Å². The lowest BCUT2D eigenvalue weighted by Gasteiger charge is -2.08. The number of thiophene rings is 1. The number of ether oxygens (including phenoxy) is 1. The monoisotopic (exact) mass is 390 g/mol. The third-order valence-corrected chi connectivity index (χ3v) is 4.78. The zero-order valence-corrected chi connectivity index (χ0v) is 13.0. The van der Waals surface area contributed by atoms with Gasteiger partial charge in [0.25, 0.3) is 0 Å². The van der Waals surface area contributed by atoms with E-state index in [0.29, 0.717) is 12.4 Å². The van der Waals surface area contributed by atoms with Gasteiger partial charge in [0.2, 0.25) is 0 Å². The molecule has 6 heteroatoms. The van der Waals surface area contributed by atoms with E-state index in [4.69, 9.17) is 9.84 Å². The second-order valence-corrected chi connectivity index (χ2v) is 6.14. The highest BCUT2D eigenvalue weighted by Gasteiger charge is 2.09. The Morgan fingerprint density at radius 3 is 2.67 bits per heavy atom. The van der Waals surface area contributed by atoms with Crippen LogP contribution >= 0.6 is 43.2 Å². The molecule has 0 saturated carbocycles. The van der Waals surface area contributed by atoms with Crippen molar-refractivity contribution in [1.29, 1.82) is 0 Å². The largest absolute Gasteiger partial charge is 0.487 e. The first-order chi connectivity index (χ1) is 8.58. The minimum absolute atomic E-state index is 0.207. The minimum Gasteiger partial charge on any atom is -0.487 e. The Labute approximate surface area is 125 Å². The second-order valence-electron chi connectivity index (χ2n) is 3.43. The summed E-state index contributed by atoms with van der Waals surface area (Å²) in [5.41, 5.74) is 0.207. The van der Waals surface area contributed by atoms with E-state index in [1.165, 1.54) is 12.1 Å². The maximum atomic E-state index is 10.9. The molecule has 0 radical (unpaired) electrons. The molecule has 0 aliphatic heterocycles. The van der Waals surface area contributed by atoms with Crippen molar-refractivity contribution in [3.8, 4) is 5.75 Å². The molecule has 1 heterocycles. The summed E-state index contributed by atoms with van der Waals surface area (Å²) in [7, 11) is 0. The Bertz CT molecular complexity index is 580. The standard InChI is InChI=1S/C12H8Br2O3S/c13-8-2-1-7(12(15)16)5-10(8)17-6-11-9(14)3-4-18-11/h1-5H,6H2,(H,15,16). The van der Waals surface area contributed by atoms with E-state index in [0.717, 1.165) is 13.8 Å². The first-order valence-electron chi connectivity index (χ1n) is 4.95. The zero-order valence-electron chi connectivity index (χ0n) is 9.02. The number of aromatic carboxylic acids is 1. The molecule has 1 aromatic carbocycles. The average molecular weight is 392 g/mol. The first-order valence-corrected chi connectivity index (χ1v) is 7.42. The molecule has 2 rings (SSSR count). The van der Waals surface area contributed by atoms with Crippen LogP contribution in [-0.2, 0) is 6.61 Å². The summed E-state index contributed by atoms with van der Waals surface area (Å²) in [6.07, 6.45) is 0. The topological polar surface area (TPSA) is 46.5 Å². The van der Waals surface area contributed by atoms with E-state index < -0.39 is 5.97 Å². The molecule has 0 atom stereocenters. The normalized spacial score (nSPS) is 10.3. The van der Waals surface area contributed by atoms with Gasteiger partial charge in [-0.25, -0.2) is 4.79 Å². The van der Waals surface area contributed by atoms with Crippen LogP contribution in [-0.4, -0.2) is 11.1 Å². The van der Waals surface area contributed by atoms with E-state index in [1.54, 1.807) is 17.4 Å². The van der Waals surface area contributed by atoms with Crippen molar-refractivity contribution in [1.82, 2.24) is 0 Å². The van der Waals surface area contributed by atoms with E-state index >= 15 is 0 Å². The molecular formula is C12H8Br2O3S. The summed E-state index contributed by atoms with van der Waals surface area (Å²) >= 11 is 8.34. The predicted molar refractivity (Wildman–Crippen MR) is 77.5 cm³/mol. The molecule has 0 amide bonds. The summed E-state index contributed by atoms with van der Waals surface area (Å²) in [6, 6.07) is 6.66. The van der Waals surface area contributed by atoms with Crippen LogP contribution in [0.15, 0.2) is 38.6 Å². The summed E-state index contributed by atoms with van der Waals surface area (Å²) < 4.78 is 7.36. The molecule has 0 aliphatic carbocycles. The second kappa shape index (κ2) is 5.86. The Hall–Kier alpha value is -0.850. The summed E-state index contributed by atoms with van der Waals surface area (Å²) in [6.45, 7) is 0.403. The van der Waals surface area contributed by atoms with Crippen molar-refractivity contribution >= 4 is 49.2 Å². The molecule has 0 fully saturated rings. The van der Waals surface area contributed by atoms with Gasteiger partial charge in [-0.2, -0.15) is 0 Å². The maximum Gasteiger partial charge on any atom is 0.335 e. The third kappa shape index (κ3) is 3.13. The van der Waals surface area contributed by atoms with Gasteiger partial charge in [0.05, 0.1) is 14.9 Å². The predicted octanol–water partition coefficient (Wildman–Crippen LogP) is 4.55. The molecule has 0 bridgehead atoms. The quantitative estimate of drug-likeness (QED) is 0.831. The fraction of sp³-hybridized carbons (Fsp3) is 0.0833. The van der Waals surface area contributed by atoms with Gasteiger partial charge >= 0.3 is 5.97 Å². The van der Waals surface area contributed by atoms with E-state index in [-0.39, 0.29) is 5.56 Å². The molecule has 2 aromatic rings. The Balaban J connectivity index is 2.16. The van der Waals surface area contributed by atoms with Crippen molar-refractivity contribution in [3.63, 3.8) is 0 Å². The fourth-order valence-electron chi connectivity index (χ4n) is 1.32. The number of rotatable bonds is 4. The highest BCUT2D eigenvalue weighted by molar-refractivity contribution is 9.10. The lowest BCUT2D eigenvalue weighted by Crippen LogP contribution is -1.99. The number of benzene rings is 1. The smallest absolute Gasteiger partial charge is 0.335 e. The Morgan fingerprint density at radius 2 is 2.06 bits per heavy atom. The molecule has 0 spiro atoms. The van der Waals surface area contributed by atoms with Gasteiger partial charge < -0.3 is 9.84 Å². The van der Waals surface area contributed by atoms with E-state index in [1.807, 2.05) is 11.4 Å². The molecule has 3 nitrogen and oxygen atoms in total. The van der Waals surface area contributed by atoms with Gasteiger partial charge in [0.1, 0.15) is 12.4 Å². The van der Waals surface area contributed by atoms with Crippen LogP contribution < -0.4 is 4.74 Å². The number of carbonyl (C=O) groups is 1. The van der Waals surface area contributed by atoms with Crippen molar-refractivity contribution in [2.24, 2.45) is 0 Å². The third-order valence-electron chi connectivity index (χ3n) is 2.23. The molecule has 1 aromatic heterocycles. The molecular weight excluding hydrogens is 384 g/mol. The van der Waals surface area contributed by atoms with Crippen LogP contribution in [0.5, 0.6) is 5.75 Å². The number of hydrogen-bond acceptors (Lipinski definition) is 3. The fourth-order valence-corrected chi connectivity index (χ4v) is 3.06. The van der Waals surface area contributed by atoms with E-state index in [2.05, 4.69) is 31.9 Å². The highest BCUT2D eigenvalue weighted by Crippen LogP contribution is 2.29. The lowest BCUT2D eigenvalue weighted by atomic mass is 10.2. The number of hydrogen-bond donors (Lipinski definition) is 1. The molecule has 0 aliphatic rings. The van der Waals surface area contributed by atoms with Crippen LogP contribution in [0.2, 0.25) is 0 Å². The van der Waals surface area contributed by atoms with Crippen LogP contribution in [0.4, 0.5) is 0 Å². The number of halogens is 2. The number of carboxylic acid groups (broad SMARTS) is 1. The van der Waals surface area contributed by atoms with Crippen molar-refractivity contribution in [3.05, 3.63) is 49.0 Å². The first kappa shape index (κ1) is 13.6.